The molecule has 0 aliphatic carbocycles. The van der Waals surface area contributed by atoms with Crippen molar-refractivity contribution >= 4 is 34.1 Å². The molecule has 9 heteroatoms. The van der Waals surface area contributed by atoms with Crippen molar-refractivity contribution in [2.45, 2.75) is 10.4 Å². The van der Waals surface area contributed by atoms with Crippen molar-refractivity contribution in [1.29, 1.82) is 0 Å². The summed E-state index contributed by atoms with van der Waals surface area (Å²) >= 11 is 2.67. The van der Waals surface area contributed by atoms with Gasteiger partial charge in [-0.1, -0.05) is 60.3 Å². The topological polar surface area (TPSA) is 85.6 Å². The zero-order chi connectivity index (χ0) is 18.5. The molecule has 1 atom stereocenters. The first-order chi connectivity index (χ1) is 13.3. The lowest BCUT2D eigenvalue weighted by Gasteiger charge is -2.15. The lowest BCUT2D eigenvalue weighted by Crippen LogP contribution is -2.19. The minimum atomic E-state index is -0.524. The summed E-state index contributed by atoms with van der Waals surface area (Å²) in [6.07, 6.45) is 1.65. The van der Waals surface area contributed by atoms with Crippen molar-refractivity contribution in [3.05, 3.63) is 77.8 Å². The number of anilines is 1. The largest absolute Gasteiger partial charge is 0.301 e. The molecule has 0 saturated heterocycles. The van der Waals surface area contributed by atoms with Crippen LogP contribution in [-0.2, 0) is 4.79 Å². The van der Waals surface area contributed by atoms with Crippen molar-refractivity contribution in [1.82, 2.24) is 25.2 Å². The molecule has 0 radical (unpaired) electrons. The molecule has 134 valence electrons. The molecule has 0 spiro atoms. The number of carbonyl (C=O) groups excluding carboxylic acids is 1. The van der Waals surface area contributed by atoms with Crippen molar-refractivity contribution in [3.8, 4) is 5.69 Å². The molecule has 2 aromatic heterocycles. The lowest BCUT2D eigenvalue weighted by atomic mass is 10.1. The first-order valence-corrected chi connectivity index (χ1v) is 9.83. The number of hydrogen-bond acceptors (Lipinski definition) is 7. The molecule has 0 bridgehead atoms. The molecule has 0 fully saturated rings. The third-order valence-corrected chi connectivity index (χ3v) is 5.54. The van der Waals surface area contributed by atoms with Crippen LogP contribution in [0.5, 0.6) is 0 Å². The van der Waals surface area contributed by atoms with E-state index in [-0.39, 0.29) is 5.91 Å². The van der Waals surface area contributed by atoms with E-state index in [1.54, 1.807) is 10.9 Å². The smallest absolute Gasteiger partial charge is 0.244 e. The second kappa shape index (κ2) is 8.11. The van der Waals surface area contributed by atoms with Gasteiger partial charge in [0.15, 0.2) is 5.13 Å². The third kappa shape index (κ3) is 4.04. The predicted molar refractivity (Wildman–Crippen MR) is 105 cm³/mol. The molecule has 4 rings (SSSR count). The van der Waals surface area contributed by atoms with Gasteiger partial charge in [0.25, 0.3) is 0 Å². The number of aromatic nitrogens is 5. The summed E-state index contributed by atoms with van der Waals surface area (Å²) in [6.45, 7) is 0. The van der Waals surface area contributed by atoms with Crippen LogP contribution in [0.3, 0.4) is 0 Å². The van der Waals surface area contributed by atoms with Gasteiger partial charge in [0.1, 0.15) is 5.25 Å². The zero-order valence-electron chi connectivity index (χ0n) is 14.0. The van der Waals surface area contributed by atoms with Crippen LogP contribution in [0.15, 0.2) is 77.4 Å². The van der Waals surface area contributed by atoms with Crippen molar-refractivity contribution in [2.75, 3.05) is 5.32 Å². The standard InChI is InChI=1S/C18H14N6OS2/c25-16(20-17-19-11-12-26-17)15(13-7-3-1-4-8-13)27-18-21-22-23-24(18)14-9-5-2-6-10-14/h1-12,15H,(H,19,20,25)/t15-/m0/s1. The van der Waals surface area contributed by atoms with Gasteiger partial charge in [-0.15, -0.1) is 16.4 Å². The van der Waals surface area contributed by atoms with E-state index in [4.69, 9.17) is 0 Å². The molecule has 0 saturated carbocycles. The molecule has 0 aliphatic heterocycles. The van der Waals surface area contributed by atoms with Crippen molar-refractivity contribution < 1.29 is 4.79 Å². The van der Waals surface area contributed by atoms with Gasteiger partial charge in [0, 0.05) is 11.6 Å². The molecule has 7 nitrogen and oxygen atoms in total. The van der Waals surface area contributed by atoms with Gasteiger partial charge < -0.3 is 5.32 Å². The van der Waals surface area contributed by atoms with Crippen LogP contribution in [0, 0.1) is 0 Å². The van der Waals surface area contributed by atoms with Crippen LogP contribution in [0.25, 0.3) is 5.69 Å². The monoisotopic (exact) mass is 394 g/mol. The minimum absolute atomic E-state index is 0.177. The summed E-state index contributed by atoms with van der Waals surface area (Å²) < 4.78 is 1.62. The number of carbonyl (C=O) groups is 1. The third-order valence-electron chi connectivity index (χ3n) is 3.67. The van der Waals surface area contributed by atoms with Gasteiger partial charge in [-0.05, 0) is 28.1 Å². The van der Waals surface area contributed by atoms with Crippen LogP contribution < -0.4 is 5.32 Å². The average molecular weight is 394 g/mol. The Morgan fingerprint density at radius 1 is 1.07 bits per heavy atom. The number of thiazole rings is 1. The molecular formula is C18H14N6OS2. The Kier molecular flexibility index (Phi) is 5.22. The highest BCUT2D eigenvalue weighted by atomic mass is 32.2. The summed E-state index contributed by atoms with van der Waals surface area (Å²) in [7, 11) is 0. The number of amides is 1. The lowest BCUT2D eigenvalue weighted by molar-refractivity contribution is -0.115. The SMILES string of the molecule is O=C(Nc1nccs1)[C@@H](Sc1nnnn1-c1ccccc1)c1ccccc1. The number of thioether (sulfide) groups is 1. The summed E-state index contributed by atoms with van der Waals surface area (Å²) in [6, 6.07) is 19.1. The minimum Gasteiger partial charge on any atom is -0.301 e. The second-order valence-electron chi connectivity index (χ2n) is 5.44. The number of hydrogen-bond donors (Lipinski definition) is 1. The van der Waals surface area contributed by atoms with Gasteiger partial charge in [0.2, 0.25) is 11.1 Å². The number of rotatable bonds is 6. The number of benzene rings is 2. The Morgan fingerprint density at radius 3 is 2.52 bits per heavy atom. The normalized spacial score (nSPS) is 11.9. The van der Waals surface area contributed by atoms with E-state index in [1.807, 2.05) is 66.0 Å². The molecular weight excluding hydrogens is 380 g/mol. The van der Waals surface area contributed by atoms with Crippen molar-refractivity contribution in [3.63, 3.8) is 0 Å². The summed E-state index contributed by atoms with van der Waals surface area (Å²) in [5, 5.41) is 17.2. The highest BCUT2D eigenvalue weighted by Crippen LogP contribution is 2.35. The first kappa shape index (κ1) is 17.4. The van der Waals surface area contributed by atoms with E-state index in [0.717, 1.165) is 11.3 Å². The van der Waals surface area contributed by atoms with E-state index < -0.39 is 5.25 Å². The fraction of sp³-hybridized carbons (Fsp3) is 0.0556. The fourth-order valence-corrected chi connectivity index (χ4v) is 3.97. The van der Waals surface area contributed by atoms with Crippen LogP contribution in [0.4, 0.5) is 5.13 Å². The predicted octanol–water partition coefficient (Wildman–Crippen LogP) is 3.59. The van der Waals surface area contributed by atoms with E-state index in [2.05, 4.69) is 25.8 Å². The van der Waals surface area contributed by atoms with Crippen LogP contribution in [-0.4, -0.2) is 31.1 Å². The van der Waals surface area contributed by atoms with E-state index in [1.165, 1.54) is 23.1 Å². The molecule has 0 unspecified atom stereocenters. The van der Waals surface area contributed by atoms with Crippen LogP contribution in [0.2, 0.25) is 0 Å². The number of nitrogens with zero attached hydrogens (tertiary/aromatic N) is 5. The van der Waals surface area contributed by atoms with Gasteiger partial charge in [-0.3, -0.25) is 4.79 Å². The van der Waals surface area contributed by atoms with Crippen molar-refractivity contribution in [2.24, 2.45) is 0 Å². The molecule has 1 amide bonds. The Labute approximate surface area is 163 Å². The number of para-hydroxylation sites is 1. The van der Waals surface area contributed by atoms with Gasteiger partial charge in [-0.2, -0.15) is 4.68 Å². The van der Waals surface area contributed by atoms with Gasteiger partial charge in [-0.25, -0.2) is 4.98 Å². The summed E-state index contributed by atoms with van der Waals surface area (Å²) in [5.74, 6) is -0.177. The first-order valence-electron chi connectivity index (χ1n) is 8.07. The summed E-state index contributed by atoms with van der Waals surface area (Å²) in [5.41, 5.74) is 1.69. The molecule has 0 aliphatic rings. The molecule has 4 aromatic rings. The number of tetrazole rings is 1. The van der Waals surface area contributed by atoms with Gasteiger partial charge >= 0.3 is 0 Å². The van der Waals surface area contributed by atoms with E-state index in [9.17, 15) is 4.79 Å². The summed E-state index contributed by atoms with van der Waals surface area (Å²) in [4.78, 5) is 17.1. The second-order valence-corrected chi connectivity index (χ2v) is 7.41. The Balaban J connectivity index is 1.64. The zero-order valence-corrected chi connectivity index (χ0v) is 15.6. The number of nitrogens with one attached hydrogen (secondary N) is 1. The molecule has 27 heavy (non-hydrogen) atoms. The Hall–Kier alpha value is -3.04. The van der Waals surface area contributed by atoms with E-state index in [0.29, 0.717) is 10.3 Å². The van der Waals surface area contributed by atoms with E-state index >= 15 is 0 Å². The van der Waals surface area contributed by atoms with Gasteiger partial charge in [0.05, 0.1) is 5.69 Å². The highest BCUT2D eigenvalue weighted by Gasteiger charge is 2.26. The molecule has 2 aromatic carbocycles. The molecule has 2 heterocycles. The Bertz CT molecular complexity index is 1000. The highest BCUT2D eigenvalue weighted by molar-refractivity contribution is 8.00. The maximum absolute atomic E-state index is 12.9. The maximum Gasteiger partial charge on any atom is 0.244 e. The molecule has 1 N–H and O–H groups in total. The van der Waals surface area contributed by atoms with Crippen LogP contribution in [0.1, 0.15) is 10.8 Å². The van der Waals surface area contributed by atoms with Crippen LogP contribution >= 0.6 is 23.1 Å². The quantitative estimate of drug-likeness (QED) is 0.503. The Morgan fingerprint density at radius 2 is 1.81 bits per heavy atom. The average Bonchev–Trinajstić information content (AvgIpc) is 3.39. The maximum atomic E-state index is 12.9. The fourth-order valence-electron chi connectivity index (χ4n) is 2.45.